The number of aromatic nitrogens is 3. The topological polar surface area (TPSA) is 62.2 Å². The second-order valence-corrected chi connectivity index (χ2v) is 8.86. The van der Waals surface area contributed by atoms with Crippen LogP contribution < -0.4 is 0 Å². The van der Waals surface area contributed by atoms with E-state index in [4.69, 9.17) is 0 Å². The van der Waals surface area contributed by atoms with Crippen molar-refractivity contribution in [2.45, 2.75) is 58.7 Å². The third kappa shape index (κ3) is 4.83. The number of thiazole rings is 1. The molecule has 1 saturated heterocycles. The van der Waals surface area contributed by atoms with E-state index in [1.807, 2.05) is 16.6 Å². The summed E-state index contributed by atoms with van der Waals surface area (Å²) in [5.41, 5.74) is 1.88. The Morgan fingerprint density at radius 1 is 1.32 bits per heavy atom. The van der Waals surface area contributed by atoms with Crippen molar-refractivity contribution in [3.63, 3.8) is 0 Å². The minimum Gasteiger partial charge on any atom is -0.343 e. The maximum Gasteiger partial charge on any atom is 0.219 e. The lowest BCUT2D eigenvalue weighted by molar-refractivity contribution is -0.130. The van der Waals surface area contributed by atoms with Crippen molar-refractivity contribution >= 4 is 28.6 Å². The highest BCUT2D eigenvalue weighted by molar-refractivity contribution is 7.11. The quantitative estimate of drug-likeness (QED) is 0.772. The molecule has 6 nitrogen and oxygen atoms in total. The fraction of sp³-hybridized carbons (Fsp3) is 0.647. The van der Waals surface area contributed by atoms with Crippen LogP contribution in [-0.2, 0) is 17.9 Å². The van der Waals surface area contributed by atoms with Gasteiger partial charge in [-0.15, -0.1) is 21.5 Å². The van der Waals surface area contributed by atoms with Gasteiger partial charge >= 0.3 is 0 Å². The SMILES string of the molecule is CC(=O)N1CCC(N(Cc2cncs2)Cc2nnc(C(C)C)s2)CC1. The number of rotatable bonds is 6. The Morgan fingerprint density at radius 2 is 2.08 bits per heavy atom. The van der Waals surface area contributed by atoms with E-state index < -0.39 is 0 Å². The fourth-order valence-electron chi connectivity index (χ4n) is 3.12. The lowest BCUT2D eigenvalue weighted by Gasteiger charge is -2.37. The molecular weight excluding hydrogens is 354 g/mol. The Hall–Kier alpha value is -1.38. The number of carbonyl (C=O) groups excluding carboxylic acids is 1. The van der Waals surface area contributed by atoms with Gasteiger partial charge in [-0.3, -0.25) is 14.7 Å². The number of hydrogen-bond donors (Lipinski definition) is 0. The smallest absolute Gasteiger partial charge is 0.219 e. The van der Waals surface area contributed by atoms with Gasteiger partial charge in [0.15, 0.2) is 0 Å². The molecule has 0 bridgehead atoms. The predicted molar refractivity (Wildman–Crippen MR) is 101 cm³/mol. The first-order valence-electron chi connectivity index (χ1n) is 8.72. The number of carbonyl (C=O) groups is 1. The van der Waals surface area contributed by atoms with Crippen molar-refractivity contribution in [1.82, 2.24) is 25.0 Å². The molecule has 0 radical (unpaired) electrons. The van der Waals surface area contributed by atoms with Gasteiger partial charge in [0.05, 0.1) is 12.1 Å². The molecule has 2 aromatic rings. The lowest BCUT2D eigenvalue weighted by Crippen LogP contribution is -2.45. The second kappa shape index (κ2) is 8.33. The Morgan fingerprint density at radius 3 is 2.64 bits per heavy atom. The number of likely N-dealkylation sites (tertiary alicyclic amines) is 1. The van der Waals surface area contributed by atoms with E-state index in [0.29, 0.717) is 12.0 Å². The van der Waals surface area contributed by atoms with Gasteiger partial charge in [0.1, 0.15) is 10.0 Å². The van der Waals surface area contributed by atoms with Gasteiger partial charge in [0, 0.05) is 49.6 Å². The van der Waals surface area contributed by atoms with E-state index in [2.05, 4.69) is 33.9 Å². The second-order valence-electron chi connectivity index (χ2n) is 6.80. The molecule has 1 amide bonds. The van der Waals surface area contributed by atoms with Crippen LogP contribution in [0.1, 0.15) is 54.4 Å². The summed E-state index contributed by atoms with van der Waals surface area (Å²) in [6.45, 7) is 9.33. The minimum atomic E-state index is 0.179. The number of piperidine rings is 1. The first-order valence-corrected chi connectivity index (χ1v) is 10.4. The summed E-state index contributed by atoms with van der Waals surface area (Å²) in [6.07, 6.45) is 3.96. The van der Waals surface area contributed by atoms with Crippen LogP contribution in [-0.4, -0.2) is 50.0 Å². The van der Waals surface area contributed by atoms with E-state index in [-0.39, 0.29) is 5.91 Å². The molecule has 1 aliphatic rings. The zero-order valence-corrected chi connectivity index (χ0v) is 16.6. The van der Waals surface area contributed by atoms with E-state index in [1.54, 1.807) is 29.6 Å². The summed E-state index contributed by atoms with van der Waals surface area (Å²) in [6, 6.07) is 0.462. The third-order valence-corrected chi connectivity index (χ3v) is 6.56. The van der Waals surface area contributed by atoms with Crippen LogP contribution in [0.15, 0.2) is 11.7 Å². The van der Waals surface area contributed by atoms with Gasteiger partial charge in [-0.25, -0.2) is 0 Å². The average molecular weight is 380 g/mol. The van der Waals surface area contributed by atoms with Gasteiger partial charge in [0.25, 0.3) is 0 Å². The summed E-state index contributed by atoms with van der Waals surface area (Å²) >= 11 is 3.40. The Bertz CT molecular complexity index is 677. The molecule has 8 heteroatoms. The largest absolute Gasteiger partial charge is 0.343 e. The van der Waals surface area contributed by atoms with Crippen LogP contribution in [0.2, 0.25) is 0 Å². The molecule has 1 aliphatic heterocycles. The number of hydrogen-bond acceptors (Lipinski definition) is 7. The molecule has 0 N–H and O–H groups in total. The molecule has 2 aromatic heterocycles. The van der Waals surface area contributed by atoms with Crippen molar-refractivity contribution in [2.75, 3.05) is 13.1 Å². The highest BCUT2D eigenvalue weighted by Crippen LogP contribution is 2.25. The van der Waals surface area contributed by atoms with Crippen molar-refractivity contribution in [3.05, 3.63) is 26.6 Å². The van der Waals surface area contributed by atoms with Crippen LogP contribution in [0.25, 0.3) is 0 Å². The maximum absolute atomic E-state index is 11.6. The molecule has 0 unspecified atom stereocenters. The van der Waals surface area contributed by atoms with Crippen molar-refractivity contribution in [2.24, 2.45) is 0 Å². The summed E-state index contributed by atoms with van der Waals surface area (Å²) in [5.74, 6) is 0.596. The van der Waals surface area contributed by atoms with Crippen LogP contribution >= 0.6 is 22.7 Å². The van der Waals surface area contributed by atoms with Gasteiger partial charge in [-0.05, 0) is 12.8 Å². The molecule has 3 rings (SSSR count). The van der Waals surface area contributed by atoms with E-state index in [1.165, 1.54) is 4.88 Å². The molecule has 0 spiro atoms. The molecule has 0 saturated carbocycles. The molecular formula is C17H25N5OS2. The van der Waals surface area contributed by atoms with Crippen LogP contribution in [0.5, 0.6) is 0 Å². The standard InChI is InChI=1S/C17H25N5OS2/c1-12(2)17-20-19-16(25-17)10-22(9-15-8-18-11-24-15)14-4-6-21(7-5-14)13(3)23/h8,11-12,14H,4-7,9-10H2,1-3H3. The molecule has 25 heavy (non-hydrogen) atoms. The van der Waals surface area contributed by atoms with Crippen molar-refractivity contribution < 1.29 is 4.79 Å². The molecule has 3 heterocycles. The first kappa shape index (κ1) is 18.4. The van der Waals surface area contributed by atoms with E-state index in [0.717, 1.165) is 49.0 Å². The monoisotopic (exact) mass is 379 g/mol. The first-order chi connectivity index (χ1) is 12.0. The Labute approximate surface area is 156 Å². The van der Waals surface area contributed by atoms with E-state index >= 15 is 0 Å². The normalized spacial score (nSPS) is 16.1. The zero-order chi connectivity index (χ0) is 17.8. The van der Waals surface area contributed by atoms with Crippen LogP contribution in [0.4, 0.5) is 0 Å². The summed E-state index contributed by atoms with van der Waals surface area (Å²) in [4.78, 5) is 21.5. The molecule has 1 fully saturated rings. The van der Waals surface area contributed by atoms with Crippen LogP contribution in [0, 0.1) is 0 Å². The average Bonchev–Trinajstić information content (AvgIpc) is 3.26. The van der Waals surface area contributed by atoms with Crippen molar-refractivity contribution in [1.29, 1.82) is 0 Å². The number of nitrogens with zero attached hydrogens (tertiary/aromatic N) is 5. The van der Waals surface area contributed by atoms with Gasteiger partial charge < -0.3 is 4.90 Å². The Balaban J connectivity index is 1.69. The highest BCUT2D eigenvalue weighted by Gasteiger charge is 2.27. The van der Waals surface area contributed by atoms with Crippen LogP contribution in [0.3, 0.4) is 0 Å². The Kier molecular flexibility index (Phi) is 6.14. The van der Waals surface area contributed by atoms with E-state index in [9.17, 15) is 4.79 Å². The summed E-state index contributed by atoms with van der Waals surface area (Å²) in [7, 11) is 0. The lowest BCUT2D eigenvalue weighted by atomic mass is 10.0. The van der Waals surface area contributed by atoms with Gasteiger partial charge in [0.2, 0.25) is 5.91 Å². The fourth-order valence-corrected chi connectivity index (χ4v) is 4.61. The molecule has 0 aliphatic carbocycles. The minimum absolute atomic E-state index is 0.179. The third-order valence-electron chi connectivity index (χ3n) is 4.58. The number of amides is 1. The predicted octanol–water partition coefficient (Wildman–Crippen LogP) is 3.13. The summed E-state index contributed by atoms with van der Waals surface area (Å²) in [5, 5.41) is 10.9. The van der Waals surface area contributed by atoms with Crippen molar-refractivity contribution in [3.8, 4) is 0 Å². The maximum atomic E-state index is 11.6. The highest BCUT2D eigenvalue weighted by atomic mass is 32.1. The molecule has 0 atom stereocenters. The molecule has 136 valence electrons. The van der Waals surface area contributed by atoms with Gasteiger partial charge in [-0.1, -0.05) is 25.2 Å². The summed E-state index contributed by atoms with van der Waals surface area (Å²) < 4.78 is 0. The van der Waals surface area contributed by atoms with Gasteiger partial charge in [-0.2, -0.15) is 0 Å². The molecule has 0 aromatic carbocycles. The zero-order valence-electron chi connectivity index (χ0n) is 15.0.